The monoisotopic (exact) mass is 395 g/mol. The molecule has 6 nitrogen and oxygen atoms in total. The highest BCUT2D eigenvalue weighted by Crippen LogP contribution is 2.19. The summed E-state index contributed by atoms with van der Waals surface area (Å²) in [6.07, 6.45) is 8.88. The van der Waals surface area contributed by atoms with Gasteiger partial charge in [-0.1, -0.05) is 12.1 Å². The molecule has 4 rings (SSSR count). The molecule has 2 saturated heterocycles. The maximum absolute atomic E-state index is 13.0. The molecule has 0 bridgehead atoms. The van der Waals surface area contributed by atoms with Crippen molar-refractivity contribution in [2.24, 2.45) is 0 Å². The molecule has 1 aromatic carbocycles. The number of carbonyl (C=O) groups is 1. The number of hydrogen-bond donors (Lipinski definition) is 1. The van der Waals surface area contributed by atoms with Crippen LogP contribution in [0.25, 0.3) is 0 Å². The number of nitrogens with one attached hydrogen (secondary N) is 1. The molecule has 2 unspecified atom stereocenters. The molecule has 2 fully saturated rings. The predicted octanol–water partition coefficient (Wildman–Crippen LogP) is 3.86. The first-order chi connectivity index (χ1) is 14.3. The fourth-order valence-corrected chi connectivity index (χ4v) is 3.95. The van der Waals surface area contributed by atoms with E-state index in [0.717, 1.165) is 51.0 Å². The highest BCUT2D eigenvalue weighted by molar-refractivity contribution is 5.89. The summed E-state index contributed by atoms with van der Waals surface area (Å²) in [5, 5.41) is 3.05. The molecule has 1 N–H and O–H groups in total. The van der Waals surface area contributed by atoms with Gasteiger partial charge in [0.1, 0.15) is 0 Å². The molecule has 2 atom stereocenters. The lowest BCUT2D eigenvalue weighted by molar-refractivity contribution is 0.0524. The molecule has 3 heterocycles. The van der Waals surface area contributed by atoms with Gasteiger partial charge in [0.15, 0.2) is 0 Å². The van der Waals surface area contributed by atoms with Crippen LogP contribution in [0, 0.1) is 0 Å². The minimum atomic E-state index is -0.0853. The highest BCUT2D eigenvalue weighted by Gasteiger charge is 2.27. The molecule has 29 heavy (non-hydrogen) atoms. The number of pyridine rings is 1. The van der Waals surface area contributed by atoms with Crippen LogP contribution in [0.1, 0.15) is 36.8 Å². The zero-order valence-corrected chi connectivity index (χ0v) is 16.8. The van der Waals surface area contributed by atoms with E-state index in [-0.39, 0.29) is 18.2 Å². The Balaban J connectivity index is 1.36. The standard InChI is InChI=1S/C23H29N3O3/c27-23(26(16-21-3-1-13-28-21)17-22-4-2-14-29-22)25-20-7-5-18(6-8-20)15-19-9-11-24-12-10-19/h5-12,21-22H,1-4,13-17H2,(H,25,27). The third kappa shape index (κ3) is 5.78. The maximum atomic E-state index is 13.0. The second-order valence-electron chi connectivity index (χ2n) is 7.83. The molecule has 0 spiro atoms. The van der Waals surface area contributed by atoms with Gasteiger partial charge in [0.25, 0.3) is 0 Å². The summed E-state index contributed by atoms with van der Waals surface area (Å²) in [4.78, 5) is 18.9. The van der Waals surface area contributed by atoms with E-state index in [4.69, 9.17) is 9.47 Å². The lowest BCUT2D eigenvalue weighted by atomic mass is 10.1. The van der Waals surface area contributed by atoms with Crippen LogP contribution in [-0.4, -0.2) is 54.4 Å². The molecular formula is C23H29N3O3. The van der Waals surface area contributed by atoms with Gasteiger partial charge in [0.2, 0.25) is 0 Å². The minimum Gasteiger partial charge on any atom is -0.376 e. The van der Waals surface area contributed by atoms with E-state index in [2.05, 4.69) is 22.4 Å². The van der Waals surface area contributed by atoms with E-state index in [9.17, 15) is 4.79 Å². The van der Waals surface area contributed by atoms with Crippen LogP contribution in [0.2, 0.25) is 0 Å². The van der Waals surface area contributed by atoms with Crippen LogP contribution in [0.4, 0.5) is 10.5 Å². The van der Waals surface area contributed by atoms with Gasteiger partial charge in [-0.05, 0) is 67.5 Å². The zero-order valence-electron chi connectivity index (χ0n) is 16.8. The lowest BCUT2D eigenvalue weighted by Gasteiger charge is -2.28. The first-order valence-corrected chi connectivity index (χ1v) is 10.5. The van der Waals surface area contributed by atoms with Gasteiger partial charge in [-0.25, -0.2) is 4.79 Å². The Kier molecular flexibility index (Phi) is 6.75. The van der Waals surface area contributed by atoms with Crippen LogP contribution in [0.3, 0.4) is 0 Å². The van der Waals surface area contributed by atoms with E-state index in [1.807, 2.05) is 29.2 Å². The topological polar surface area (TPSA) is 63.7 Å². The van der Waals surface area contributed by atoms with Gasteiger partial charge in [-0.3, -0.25) is 4.98 Å². The van der Waals surface area contributed by atoms with Crippen molar-refractivity contribution in [3.05, 3.63) is 59.9 Å². The first-order valence-electron chi connectivity index (χ1n) is 10.5. The molecule has 0 aliphatic carbocycles. The fourth-order valence-electron chi connectivity index (χ4n) is 3.95. The normalized spacial score (nSPS) is 21.2. The molecule has 0 saturated carbocycles. The predicted molar refractivity (Wildman–Crippen MR) is 112 cm³/mol. The van der Waals surface area contributed by atoms with Crippen molar-refractivity contribution in [2.75, 3.05) is 31.6 Å². The number of ether oxygens (including phenoxy) is 2. The number of rotatable bonds is 7. The van der Waals surface area contributed by atoms with Crippen LogP contribution < -0.4 is 5.32 Å². The number of aromatic nitrogens is 1. The van der Waals surface area contributed by atoms with E-state index < -0.39 is 0 Å². The molecule has 1 aromatic heterocycles. The smallest absolute Gasteiger partial charge is 0.322 e. The number of amides is 2. The second kappa shape index (κ2) is 9.85. The van der Waals surface area contributed by atoms with Crippen molar-refractivity contribution in [3.8, 4) is 0 Å². The van der Waals surface area contributed by atoms with Crippen LogP contribution >= 0.6 is 0 Å². The number of anilines is 1. The number of hydrogen-bond acceptors (Lipinski definition) is 4. The average molecular weight is 396 g/mol. The average Bonchev–Trinajstić information content (AvgIpc) is 3.44. The van der Waals surface area contributed by atoms with E-state index in [1.165, 1.54) is 11.1 Å². The minimum absolute atomic E-state index is 0.0853. The van der Waals surface area contributed by atoms with Crippen LogP contribution in [0.15, 0.2) is 48.8 Å². The Morgan fingerprint density at radius 3 is 2.07 bits per heavy atom. The van der Waals surface area contributed by atoms with Crippen molar-refractivity contribution in [1.82, 2.24) is 9.88 Å². The maximum Gasteiger partial charge on any atom is 0.322 e. The highest BCUT2D eigenvalue weighted by atomic mass is 16.5. The third-order valence-corrected chi connectivity index (χ3v) is 5.55. The van der Waals surface area contributed by atoms with Crippen molar-refractivity contribution in [2.45, 2.75) is 44.3 Å². The number of nitrogens with zero attached hydrogens (tertiary/aromatic N) is 2. The summed E-state index contributed by atoms with van der Waals surface area (Å²) >= 11 is 0. The SMILES string of the molecule is O=C(Nc1ccc(Cc2ccncc2)cc1)N(CC1CCCO1)CC1CCCO1. The van der Waals surface area contributed by atoms with Gasteiger partial charge in [0.05, 0.1) is 12.2 Å². The zero-order chi connectivity index (χ0) is 19.9. The fraction of sp³-hybridized carbons (Fsp3) is 0.478. The molecule has 2 aliphatic heterocycles. The third-order valence-electron chi connectivity index (χ3n) is 5.55. The van der Waals surface area contributed by atoms with Crippen molar-refractivity contribution >= 4 is 11.7 Å². The molecule has 2 aromatic rings. The van der Waals surface area contributed by atoms with Gasteiger partial charge < -0.3 is 19.7 Å². The second-order valence-corrected chi connectivity index (χ2v) is 7.83. The molecular weight excluding hydrogens is 366 g/mol. The Bertz CT molecular complexity index is 752. The van der Waals surface area contributed by atoms with Crippen molar-refractivity contribution in [3.63, 3.8) is 0 Å². The molecule has 6 heteroatoms. The van der Waals surface area contributed by atoms with Gasteiger partial charge in [-0.2, -0.15) is 0 Å². The van der Waals surface area contributed by atoms with Crippen molar-refractivity contribution in [1.29, 1.82) is 0 Å². The largest absolute Gasteiger partial charge is 0.376 e. The Morgan fingerprint density at radius 1 is 0.931 bits per heavy atom. The Morgan fingerprint density at radius 2 is 1.52 bits per heavy atom. The lowest BCUT2D eigenvalue weighted by Crippen LogP contribution is -2.44. The van der Waals surface area contributed by atoms with Gasteiger partial charge in [0, 0.05) is 44.4 Å². The summed E-state index contributed by atoms with van der Waals surface area (Å²) in [7, 11) is 0. The number of urea groups is 1. The Hall–Kier alpha value is -2.44. The summed E-state index contributed by atoms with van der Waals surface area (Å²) in [6.45, 7) is 2.82. The molecule has 2 amide bonds. The summed E-state index contributed by atoms with van der Waals surface area (Å²) in [6, 6.07) is 12.0. The van der Waals surface area contributed by atoms with Crippen LogP contribution in [0.5, 0.6) is 0 Å². The number of benzene rings is 1. The van der Waals surface area contributed by atoms with E-state index >= 15 is 0 Å². The molecule has 2 aliphatic rings. The van der Waals surface area contributed by atoms with E-state index in [0.29, 0.717) is 13.1 Å². The van der Waals surface area contributed by atoms with Crippen molar-refractivity contribution < 1.29 is 14.3 Å². The summed E-state index contributed by atoms with van der Waals surface area (Å²) in [5.74, 6) is 0. The van der Waals surface area contributed by atoms with Gasteiger partial charge >= 0.3 is 6.03 Å². The van der Waals surface area contributed by atoms with Crippen LogP contribution in [-0.2, 0) is 15.9 Å². The Labute approximate surface area is 172 Å². The van der Waals surface area contributed by atoms with Gasteiger partial charge in [-0.15, -0.1) is 0 Å². The van der Waals surface area contributed by atoms with E-state index in [1.54, 1.807) is 12.4 Å². The summed E-state index contributed by atoms with van der Waals surface area (Å²) < 4.78 is 11.5. The number of carbonyl (C=O) groups excluding carboxylic acids is 1. The summed E-state index contributed by atoms with van der Waals surface area (Å²) in [5.41, 5.74) is 3.22. The molecule has 0 radical (unpaired) electrons. The molecule has 154 valence electrons. The first kappa shape index (κ1) is 19.9. The quantitative estimate of drug-likeness (QED) is 0.773.